The van der Waals surface area contributed by atoms with Gasteiger partial charge in [-0.25, -0.2) is 9.97 Å². The molecule has 0 saturated carbocycles. The van der Waals surface area contributed by atoms with E-state index in [0.29, 0.717) is 13.1 Å². The van der Waals surface area contributed by atoms with Crippen molar-refractivity contribution in [2.45, 2.75) is 31.8 Å². The molecule has 1 unspecified atom stereocenters. The molecule has 0 radical (unpaired) electrons. The number of piperidine rings is 1. The van der Waals surface area contributed by atoms with E-state index in [0.717, 1.165) is 25.1 Å². The quantitative estimate of drug-likeness (QED) is 0.838. The van der Waals surface area contributed by atoms with E-state index in [9.17, 15) is 9.59 Å². The van der Waals surface area contributed by atoms with Crippen molar-refractivity contribution in [3.05, 3.63) is 23.8 Å². The van der Waals surface area contributed by atoms with Crippen LogP contribution < -0.4 is 5.32 Å². The molecule has 1 aromatic rings. The number of likely N-dealkylation sites (N-methyl/N-ethyl adjacent to an activating group) is 1. The second kappa shape index (κ2) is 6.00. The molecule has 1 N–H and O–H groups in total. The van der Waals surface area contributed by atoms with E-state index in [1.807, 2.05) is 14.0 Å². The summed E-state index contributed by atoms with van der Waals surface area (Å²) in [6.45, 7) is 4.09. The molecule has 0 bridgehead atoms. The second-order valence-corrected chi connectivity index (χ2v) is 6.06. The first kappa shape index (κ1) is 14.9. The lowest BCUT2D eigenvalue weighted by molar-refractivity contribution is -0.141. The number of amides is 2. The number of nitrogens with zero attached hydrogens (tertiary/aromatic N) is 4. The van der Waals surface area contributed by atoms with Crippen LogP contribution in [0.15, 0.2) is 12.3 Å². The summed E-state index contributed by atoms with van der Waals surface area (Å²) in [5.74, 6) is 0.144. The van der Waals surface area contributed by atoms with Crippen LogP contribution in [0.3, 0.4) is 0 Å². The van der Waals surface area contributed by atoms with Crippen molar-refractivity contribution in [2.24, 2.45) is 0 Å². The molecule has 2 amide bonds. The van der Waals surface area contributed by atoms with E-state index in [1.165, 1.54) is 0 Å². The second-order valence-electron chi connectivity index (χ2n) is 6.06. The van der Waals surface area contributed by atoms with E-state index in [2.05, 4.69) is 20.2 Å². The minimum atomic E-state index is -0.250. The van der Waals surface area contributed by atoms with Crippen LogP contribution in [0.2, 0.25) is 0 Å². The maximum absolute atomic E-state index is 12.1. The van der Waals surface area contributed by atoms with E-state index in [-0.39, 0.29) is 29.7 Å². The number of aryl methyl sites for hydroxylation is 1. The van der Waals surface area contributed by atoms with Gasteiger partial charge in [0.2, 0.25) is 11.7 Å². The number of nitrogens with one attached hydrogen (secondary N) is 1. The van der Waals surface area contributed by atoms with E-state index < -0.39 is 0 Å². The van der Waals surface area contributed by atoms with E-state index in [4.69, 9.17) is 0 Å². The molecule has 2 aliphatic rings. The number of hydrogen-bond donors (Lipinski definition) is 1. The summed E-state index contributed by atoms with van der Waals surface area (Å²) in [6, 6.07) is 1.80. The van der Waals surface area contributed by atoms with Crippen LogP contribution in [0.4, 0.5) is 0 Å². The molecular formula is C15H21N5O2. The van der Waals surface area contributed by atoms with Gasteiger partial charge in [-0.1, -0.05) is 0 Å². The molecule has 0 aliphatic carbocycles. The van der Waals surface area contributed by atoms with Crippen molar-refractivity contribution in [3.8, 4) is 0 Å². The van der Waals surface area contributed by atoms with Gasteiger partial charge in [0.1, 0.15) is 0 Å². The summed E-state index contributed by atoms with van der Waals surface area (Å²) in [7, 11) is 1.85. The molecule has 0 spiro atoms. The fourth-order valence-corrected chi connectivity index (χ4v) is 3.02. The number of rotatable bonds is 3. The van der Waals surface area contributed by atoms with Gasteiger partial charge in [-0.15, -0.1) is 0 Å². The van der Waals surface area contributed by atoms with E-state index >= 15 is 0 Å². The summed E-state index contributed by atoms with van der Waals surface area (Å²) in [6.07, 6.45) is 3.53. The predicted molar refractivity (Wildman–Crippen MR) is 80.3 cm³/mol. The largest absolute Gasteiger partial charge is 0.344 e. The summed E-state index contributed by atoms with van der Waals surface area (Å²) in [4.78, 5) is 36.2. The van der Waals surface area contributed by atoms with Crippen LogP contribution in [-0.4, -0.2) is 70.3 Å². The van der Waals surface area contributed by atoms with Crippen molar-refractivity contribution >= 4 is 11.8 Å². The first-order valence-corrected chi connectivity index (χ1v) is 7.64. The lowest BCUT2D eigenvalue weighted by atomic mass is 9.98. The van der Waals surface area contributed by atoms with Crippen LogP contribution >= 0.6 is 0 Å². The average Bonchev–Trinajstić information content (AvgIpc) is 2.46. The number of likely N-dealkylation sites (tertiary alicyclic amines) is 2. The Labute approximate surface area is 129 Å². The molecule has 3 heterocycles. The van der Waals surface area contributed by atoms with Crippen LogP contribution in [0.25, 0.3) is 0 Å². The molecule has 2 saturated heterocycles. The predicted octanol–water partition coefficient (Wildman–Crippen LogP) is -0.180. The highest BCUT2D eigenvalue weighted by atomic mass is 16.2. The molecule has 7 nitrogen and oxygen atoms in total. The molecule has 7 heteroatoms. The average molecular weight is 303 g/mol. The molecule has 2 fully saturated rings. The van der Waals surface area contributed by atoms with Crippen molar-refractivity contribution in [3.63, 3.8) is 0 Å². The highest BCUT2D eigenvalue weighted by Gasteiger charge is 2.39. The Morgan fingerprint density at radius 1 is 1.41 bits per heavy atom. The van der Waals surface area contributed by atoms with Crippen LogP contribution in [0.1, 0.15) is 29.2 Å². The molecule has 0 aromatic carbocycles. The highest BCUT2D eigenvalue weighted by molar-refractivity contribution is 5.90. The minimum absolute atomic E-state index is 0.0258. The fraction of sp³-hybridized carbons (Fsp3) is 0.600. The molecule has 1 aromatic heterocycles. The topological polar surface area (TPSA) is 78.4 Å². The van der Waals surface area contributed by atoms with Gasteiger partial charge in [0.05, 0.1) is 12.1 Å². The Kier molecular flexibility index (Phi) is 4.06. The molecule has 1 atom stereocenters. The zero-order valence-electron chi connectivity index (χ0n) is 13.0. The smallest absolute Gasteiger partial charge is 0.289 e. The Balaban J connectivity index is 1.51. The normalized spacial score (nSPS) is 23.3. The Hall–Kier alpha value is -2.02. The van der Waals surface area contributed by atoms with Crippen LogP contribution in [-0.2, 0) is 4.79 Å². The summed E-state index contributed by atoms with van der Waals surface area (Å²) in [5.41, 5.74) is 0.770. The lowest BCUT2D eigenvalue weighted by Gasteiger charge is -2.46. The Morgan fingerprint density at radius 2 is 2.18 bits per heavy atom. The van der Waals surface area contributed by atoms with Gasteiger partial charge >= 0.3 is 0 Å². The van der Waals surface area contributed by atoms with Gasteiger partial charge in [0.15, 0.2) is 0 Å². The van der Waals surface area contributed by atoms with Gasteiger partial charge in [-0.05, 0) is 25.8 Å². The summed E-state index contributed by atoms with van der Waals surface area (Å²) < 4.78 is 0. The Morgan fingerprint density at radius 3 is 2.91 bits per heavy atom. The zero-order chi connectivity index (χ0) is 15.7. The summed E-state index contributed by atoms with van der Waals surface area (Å²) >= 11 is 0. The standard InChI is InChI=1S/C15H21N5O2/c1-10-5-6-16-13(17-10)14(21)18-11-8-20(9-11)12-4-3-7-19(2)15(12)22/h5-6,11-12H,3-4,7-9H2,1-2H3,(H,18,21). The third-order valence-electron chi connectivity index (χ3n) is 4.32. The van der Waals surface area contributed by atoms with Gasteiger partial charge in [-0.3, -0.25) is 14.5 Å². The third-order valence-corrected chi connectivity index (χ3v) is 4.32. The van der Waals surface area contributed by atoms with Gasteiger partial charge in [-0.2, -0.15) is 0 Å². The third kappa shape index (κ3) is 2.94. The molecular weight excluding hydrogens is 282 g/mol. The molecule has 2 aliphatic heterocycles. The van der Waals surface area contributed by atoms with Gasteiger partial charge < -0.3 is 10.2 Å². The van der Waals surface area contributed by atoms with Crippen molar-refractivity contribution in [1.29, 1.82) is 0 Å². The number of hydrogen-bond acceptors (Lipinski definition) is 5. The maximum atomic E-state index is 12.1. The first-order chi connectivity index (χ1) is 10.5. The van der Waals surface area contributed by atoms with Crippen molar-refractivity contribution < 1.29 is 9.59 Å². The Bertz CT molecular complexity index is 585. The van der Waals surface area contributed by atoms with Crippen LogP contribution in [0, 0.1) is 6.92 Å². The van der Waals surface area contributed by atoms with Gasteiger partial charge in [0, 0.05) is 38.6 Å². The zero-order valence-corrected chi connectivity index (χ0v) is 13.0. The number of aromatic nitrogens is 2. The maximum Gasteiger partial charge on any atom is 0.289 e. The molecule has 3 rings (SSSR count). The molecule has 118 valence electrons. The SMILES string of the molecule is Cc1ccnc(C(=O)NC2CN(C3CCCN(C)C3=O)C2)n1. The van der Waals surface area contributed by atoms with Crippen molar-refractivity contribution in [2.75, 3.05) is 26.7 Å². The number of carbonyl (C=O) groups is 2. The first-order valence-electron chi connectivity index (χ1n) is 7.64. The lowest BCUT2D eigenvalue weighted by Crippen LogP contribution is -2.65. The van der Waals surface area contributed by atoms with Crippen LogP contribution in [0.5, 0.6) is 0 Å². The molecule has 22 heavy (non-hydrogen) atoms. The highest BCUT2D eigenvalue weighted by Crippen LogP contribution is 2.21. The fourth-order valence-electron chi connectivity index (χ4n) is 3.02. The van der Waals surface area contributed by atoms with Crippen molar-refractivity contribution in [1.82, 2.24) is 25.1 Å². The summed E-state index contributed by atoms with van der Waals surface area (Å²) in [5, 5.41) is 2.92. The van der Waals surface area contributed by atoms with E-state index in [1.54, 1.807) is 17.2 Å². The van der Waals surface area contributed by atoms with Gasteiger partial charge in [0.25, 0.3) is 5.91 Å². The minimum Gasteiger partial charge on any atom is -0.344 e. The number of carbonyl (C=O) groups excluding carboxylic acids is 2. The monoisotopic (exact) mass is 303 g/mol.